The maximum atomic E-state index is 11.6. The highest BCUT2D eigenvalue weighted by Gasteiger charge is 2.10. The molecular formula is C10H12BrNO3. The molecule has 1 rings (SSSR count). The first-order valence-electron chi connectivity index (χ1n) is 4.41. The Hall–Kier alpha value is -1.07. The van der Waals surface area contributed by atoms with Crippen molar-refractivity contribution in [1.82, 2.24) is 5.32 Å². The van der Waals surface area contributed by atoms with Gasteiger partial charge in [0.25, 0.3) is 5.91 Å². The van der Waals surface area contributed by atoms with Crippen LogP contribution in [0.5, 0.6) is 5.75 Å². The molecule has 82 valence electrons. The highest BCUT2D eigenvalue weighted by Crippen LogP contribution is 2.22. The molecular weight excluding hydrogens is 262 g/mol. The van der Waals surface area contributed by atoms with E-state index >= 15 is 0 Å². The lowest BCUT2D eigenvalue weighted by atomic mass is 10.2. The first kappa shape index (κ1) is 12.0. The van der Waals surface area contributed by atoms with Crippen LogP contribution in [0.15, 0.2) is 22.7 Å². The van der Waals surface area contributed by atoms with Crippen molar-refractivity contribution < 1.29 is 14.6 Å². The molecule has 15 heavy (non-hydrogen) atoms. The summed E-state index contributed by atoms with van der Waals surface area (Å²) in [6.45, 7) is 0.163. The van der Waals surface area contributed by atoms with E-state index in [1.165, 1.54) is 0 Å². The molecule has 0 bridgehead atoms. The lowest BCUT2D eigenvalue weighted by Crippen LogP contribution is -2.26. The molecule has 0 saturated carbocycles. The van der Waals surface area contributed by atoms with Crippen molar-refractivity contribution >= 4 is 21.8 Å². The summed E-state index contributed by atoms with van der Waals surface area (Å²) in [7, 11) is 1.54. The molecule has 0 unspecified atom stereocenters. The van der Waals surface area contributed by atoms with E-state index in [9.17, 15) is 4.79 Å². The van der Waals surface area contributed by atoms with Crippen LogP contribution in [0.1, 0.15) is 10.4 Å². The van der Waals surface area contributed by atoms with Crippen LogP contribution in [0.4, 0.5) is 0 Å². The Bertz CT molecular complexity index is 355. The smallest absolute Gasteiger partial charge is 0.252 e. The number of benzene rings is 1. The molecule has 1 aromatic carbocycles. The van der Waals surface area contributed by atoms with E-state index in [1.54, 1.807) is 25.3 Å². The van der Waals surface area contributed by atoms with Crippen molar-refractivity contribution in [2.24, 2.45) is 0 Å². The molecule has 0 saturated heterocycles. The van der Waals surface area contributed by atoms with Crippen molar-refractivity contribution in [2.75, 3.05) is 20.3 Å². The maximum absolute atomic E-state index is 11.6. The second-order valence-electron chi connectivity index (χ2n) is 2.83. The fourth-order valence-corrected chi connectivity index (χ4v) is 1.50. The van der Waals surface area contributed by atoms with Gasteiger partial charge in [-0.3, -0.25) is 4.79 Å². The third-order valence-electron chi connectivity index (χ3n) is 1.82. The average Bonchev–Trinajstić information content (AvgIpc) is 2.26. The fraction of sp³-hybridized carbons (Fsp3) is 0.300. The third-order valence-corrected chi connectivity index (χ3v) is 2.51. The van der Waals surface area contributed by atoms with E-state index in [0.29, 0.717) is 15.8 Å². The van der Waals surface area contributed by atoms with E-state index in [4.69, 9.17) is 9.84 Å². The molecule has 4 nitrogen and oxygen atoms in total. The molecule has 0 aliphatic rings. The van der Waals surface area contributed by atoms with Gasteiger partial charge in [-0.1, -0.05) is 0 Å². The third kappa shape index (κ3) is 3.21. The number of aliphatic hydroxyl groups excluding tert-OH is 1. The zero-order valence-corrected chi connectivity index (χ0v) is 9.87. The van der Waals surface area contributed by atoms with Crippen LogP contribution < -0.4 is 10.1 Å². The molecule has 0 atom stereocenters. The van der Waals surface area contributed by atoms with Gasteiger partial charge in [-0.25, -0.2) is 0 Å². The largest absolute Gasteiger partial charge is 0.497 e. The lowest BCUT2D eigenvalue weighted by molar-refractivity contribution is 0.0943. The zero-order valence-electron chi connectivity index (χ0n) is 8.29. The van der Waals surface area contributed by atoms with E-state index < -0.39 is 0 Å². The number of methoxy groups -OCH3 is 1. The summed E-state index contributed by atoms with van der Waals surface area (Å²) in [5, 5.41) is 11.1. The Morgan fingerprint density at radius 2 is 2.33 bits per heavy atom. The van der Waals surface area contributed by atoms with Crippen LogP contribution in [0, 0.1) is 0 Å². The fourth-order valence-electron chi connectivity index (χ4n) is 1.07. The molecule has 5 heteroatoms. The number of halogens is 1. The molecule has 1 aromatic rings. The Balaban J connectivity index is 2.86. The van der Waals surface area contributed by atoms with Crippen molar-refractivity contribution in [1.29, 1.82) is 0 Å². The number of hydrogen-bond acceptors (Lipinski definition) is 3. The Morgan fingerprint density at radius 1 is 1.60 bits per heavy atom. The Kier molecular flexibility index (Phi) is 4.58. The first-order chi connectivity index (χ1) is 7.19. The van der Waals surface area contributed by atoms with Crippen LogP contribution in [-0.4, -0.2) is 31.3 Å². The number of aliphatic hydroxyl groups is 1. The van der Waals surface area contributed by atoms with Crippen molar-refractivity contribution in [3.63, 3.8) is 0 Å². The molecule has 0 aliphatic heterocycles. The molecule has 1 amide bonds. The van der Waals surface area contributed by atoms with Crippen molar-refractivity contribution in [2.45, 2.75) is 0 Å². The molecule has 2 N–H and O–H groups in total. The van der Waals surface area contributed by atoms with Gasteiger partial charge >= 0.3 is 0 Å². The zero-order chi connectivity index (χ0) is 11.3. The number of nitrogens with one attached hydrogen (secondary N) is 1. The van der Waals surface area contributed by atoms with Gasteiger partial charge < -0.3 is 15.2 Å². The molecule has 0 heterocycles. The van der Waals surface area contributed by atoms with Gasteiger partial charge in [-0.2, -0.15) is 0 Å². The number of hydrogen-bond donors (Lipinski definition) is 2. The summed E-state index contributed by atoms with van der Waals surface area (Å²) < 4.78 is 5.71. The minimum Gasteiger partial charge on any atom is -0.497 e. The van der Waals surface area contributed by atoms with Crippen molar-refractivity contribution in [3.8, 4) is 5.75 Å². The van der Waals surface area contributed by atoms with Gasteiger partial charge in [-0.15, -0.1) is 0 Å². The minimum absolute atomic E-state index is 0.0761. The SMILES string of the molecule is COc1ccc(Br)c(C(=O)NCCO)c1. The topological polar surface area (TPSA) is 58.6 Å². The number of carbonyl (C=O) groups is 1. The first-order valence-corrected chi connectivity index (χ1v) is 5.21. The second-order valence-corrected chi connectivity index (χ2v) is 3.68. The number of amides is 1. The number of ether oxygens (including phenoxy) is 1. The number of rotatable bonds is 4. The summed E-state index contributed by atoms with van der Waals surface area (Å²) in [6.07, 6.45) is 0. The highest BCUT2D eigenvalue weighted by atomic mass is 79.9. The summed E-state index contributed by atoms with van der Waals surface area (Å²) in [4.78, 5) is 11.6. The quantitative estimate of drug-likeness (QED) is 0.866. The monoisotopic (exact) mass is 273 g/mol. The van der Waals surface area contributed by atoms with E-state index in [2.05, 4.69) is 21.2 Å². The van der Waals surface area contributed by atoms with Crippen molar-refractivity contribution in [3.05, 3.63) is 28.2 Å². The van der Waals surface area contributed by atoms with Crippen LogP contribution in [0.25, 0.3) is 0 Å². The molecule has 0 aromatic heterocycles. The molecule has 0 radical (unpaired) electrons. The van der Waals surface area contributed by atoms with Crippen LogP contribution in [0.2, 0.25) is 0 Å². The lowest BCUT2D eigenvalue weighted by Gasteiger charge is -2.07. The van der Waals surface area contributed by atoms with Gasteiger partial charge in [-0.05, 0) is 34.1 Å². The van der Waals surface area contributed by atoms with Gasteiger partial charge in [0, 0.05) is 11.0 Å². The summed E-state index contributed by atoms with van der Waals surface area (Å²) in [5.74, 6) is 0.377. The van der Waals surface area contributed by atoms with Gasteiger partial charge in [0.15, 0.2) is 0 Å². The Labute approximate surface area is 96.4 Å². The molecule has 0 fully saturated rings. The van der Waals surface area contributed by atoms with Crippen LogP contribution in [0.3, 0.4) is 0 Å². The summed E-state index contributed by atoms with van der Waals surface area (Å²) >= 11 is 3.27. The molecule has 0 aliphatic carbocycles. The minimum atomic E-state index is -0.241. The predicted octanol–water partition coefficient (Wildman–Crippen LogP) is 1.18. The average molecular weight is 274 g/mol. The summed E-state index contributed by atoms with van der Waals surface area (Å²) in [6, 6.07) is 5.14. The van der Waals surface area contributed by atoms with Gasteiger partial charge in [0.05, 0.1) is 19.3 Å². The highest BCUT2D eigenvalue weighted by molar-refractivity contribution is 9.10. The van der Waals surface area contributed by atoms with E-state index in [0.717, 1.165) is 0 Å². The van der Waals surface area contributed by atoms with Crippen LogP contribution in [-0.2, 0) is 0 Å². The standard InChI is InChI=1S/C10H12BrNO3/c1-15-7-2-3-9(11)8(6-7)10(14)12-4-5-13/h2-3,6,13H,4-5H2,1H3,(H,12,14). The van der Waals surface area contributed by atoms with E-state index in [1.807, 2.05) is 0 Å². The normalized spacial score (nSPS) is 9.80. The van der Waals surface area contributed by atoms with Gasteiger partial charge in [0.2, 0.25) is 0 Å². The number of carbonyl (C=O) groups excluding carboxylic acids is 1. The summed E-state index contributed by atoms with van der Waals surface area (Å²) in [5.41, 5.74) is 0.489. The predicted molar refractivity (Wildman–Crippen MR) is 60.1 cm³/mol. The van der Waals surface area contributed by atoms with Crippen LogP contribution >= 0.6 is 15.9 Å². The Morgan fingerprint density at radius 3 is 2.93 bits per heavy atom. The maximum Gasteiger partial charge on any atom is 0.252 e. The van der Waals surface area contributed by atoms with Gasteiger partial charge in [0.1, 0.15) is 5.75 Å². The molecule has 0 spiro atoms. The van der Waals surface area contributed by atoms with E-state index in [-0.39, 0.29) is 19.1 Å². The second kappa shape index (κ2) is 5.72.